The molecule has 4 rings (SSSR count). The van der Waals surface area contributed by atoms with Crippen LogP contribution in [0.25, 0.3) is 16.7 Å². The molecular weight excluding hydrogens is 530 g/mol. The molecule has 0 aromatic carbocycles. The van der Waals surface area contributed by atoms with Gasteiger partial charge >= 0.3 is 12.4 Å². The number of hydrogen-bond acceptors (Lipinski definition) is 7. The van der Waals surface area contributed by atoms with Crippen molar-refractivity contribution in [3.8, 4) is 11.1 Å². The number of pyridine rings is 2. The number of carbonyl (C=O) groups is 1. The summed E-state index contributed by atoms with van der Waals surface area (Å²) in [5, 5.41) is 3.77. The molecule has 4 heterocycles. The number of alkyl halides is 6. The highest BCUT2D eigenvalue weighted by atomic mass is 19.4. The quantitative estimate of drug-likeness (QED) is 0.219. The second-order valence-corrected chi connectivity index (χ2v) is 7.34. The zero-order valence-electron chi connectivity index (χ0n) is 19.5. The summed E-state index contributed by atoms with van der Waals surface area (Å²) in [6, 6.07) is 7.46. The zero-order chi connectivity index (χ0) is 28.0. The minimum absolute atomic E-state index is 0. The smallest absolute Gasteiger partial charge is 0.288 e. The molecule has 3 aromatic heterocycles. The molecule has 0 unspecified atom stereocenters. The minimum Gasteiger partial charge on any atom is -0.288 e. The van der Waals surface area contributed by atoms with Gasteiger partial charge in [0.05, 0.1) is 19.2 Å². The molecule has 1 aliphatic rings. The van der Waals surface area contributed by atoms with Gasteiger partial charge in [-0.2, -0.15) is 36.4 Å². The third-order valence-electron chi connectivity index (χ3n) is 4.42. The number of allylic oxidation sites excluding steroid dienone is 1. The molecule has 0 fully saturated rings. The van der Waals surface area contributed by atoms with Gasteiger partial charge in [-0.25, -0.2) is 9.48 Å². The van der Waals surface area contributed by atoms with E-state index in [2.05, 4.69) is 31.1 Å². The number of halogens is 6. The van der Waals surface area contributed by atoms with Gasteiger partial charge in [0, 0.05) is 60.3 Å². The third-order valence-corrected chi connectivity index (χ3v) is 4.42. The summed E-state index contributed by atoms with van der Waals surface area (Å²) in [7, 11) is 0. The van der Waals surface area contributed by atoms with Gasteiger partial charge in [0.25, 0.3) is 0 Å². The summed E-state index contributed by atoms with van der Waals surface area (Å²) >= 11 is 0. The maximum atomic E-state index is 12.0. The molecule has 0 radical (unpaired) electrons. The Bertz CT molecular complexity index is 1270. The minimum atomic E-state index is -4.38. The van der Waals surface area contributed by atoms with Crippen LogP contribution < -0.4 is 0 Å². The highest BCUT2D eigenvalue weighted by molar-refractivity contribution is 6.11. The normalized spacial score (nSPS) is 12.0. The summed E-state index contributed by atoms with van der Waals surface area (Å²) in [5.41, 5.74) is 3.71. The van der Waals surface area contributed by atoms with Crippen molar-refractivity contribution < 1.29 is 35.9 Å². The van der Waals surface area contributed by atoms with Gasteiger partial charge in [-0.15, -0.1) is 0 Å². The number of carbonyl (C=O) groups excluding carboxylic acids is 2. The summed E-state index contributed by atoms with van der Waals surface area (Å²) < 4.78 is 69.9. The first kappa shape index (κ1) is 32.6. The van der Waals surface area contributed by atoms with Crippen LogP contribution in [0, 0.1) is 0 Å². The van der Waals surface area contributed by atoms with E-state index in [-0.39, 0.29) is 7.43 Å². The average molecular weight is 554 g/mol. The Labute approximate surface area is 219 Å². The summed E-state index contributed by atoms with van der Waals surface area (Å²) in [6.45, 7) is -0.624. The molecule has 14 heteroatoms. The maximum absolute atomic E-state index is 12.0. The molecule has 39 heavy (non-hydrogen) atoms. The fourth-order valence-corrected chi connectivity index (χ4v) is 2.71. The first-order valence-electron chi connectivity index (χ1n) is 10.7. The van der Waals surface area contributed by atoms with Crippen molar-refractivity contribution in [3.05, 3.63) is 73.1 Å². The molecule has 0 N–H and O–H groups in total. The number of aliphatic imine (C=N–C) groups is 2. The van der Waals surface area contributed by atoms with Gasteiger partial charge in [-0.05, 0) is 17.7 Å². The Morgan fingerprint density at radius 3 is 2.05 bits per heavy atom. The van der Waals surface area contributed by atoms with Crippen molar-refractivity contribution in [2.75, 3.05) is 13.1 Å². The topological polar surface area (TPSA) is 102 Å². The Hall–Kier alpha value is -4.45. The van der Waals surface area contributed by atoms with Gasteiger partial charge in [0.2, 0.25) is 12.0 Å². The van der Waals surface area contributed by atoms with Gasteiger partial charge < -0.3 is 0 Å². The largest absolute Gasteiger partial charge is 0.408 e. The lowest BCUT2D eigenvalue weighted by Gasteiger charge is -2.04. The summed E-state index contributed by atoms with van der Waals surface area (Å²) in [4.78, 5) is 34.9. The molecule has 8 nitrogen and oxygen atoms in total. The molecule has 0 amide bonds. The van der Waals surface area contributed by atoms with E-state index >= 15 is 0 Å². The van der Waals surface area contributed by atoms with E-state index in [9.17, 15) is 31.1 Å². The SMILES string of the molecule is C.C1=NCC=C1c1cccnc1.O=C(CCC(F)(F)F)n1cc(-c2cccnc2)cn1.O=C=NCC(F)(F)F. The molecule has 0 bridgehead atoms. The molecule has 0 aliphatic carbocycles. The van der Waals surface area contributed by atoms with E-state index in [1.807, 2.05) is 24.5 Å². The Morgan fingerprint density at radius 2 is 1.59 bits per heavy atom. The predicted octanol–water partition coefficient (Wildman–Crippen LogP) is 6.00. The molecule has 0 saturated carbocycles. The van der Waals surface area contributed by atoms with E-state index in [1.165, 1.54) is 18.0 Å². The lowest BCUT2D eigenvalue weighted by Crippen LogP contribution is -2.16. The summed E-state index contributed by atoms with van der Waals surface area (Å²) in [6.07, 6.45) is 3.91. The maximum Gasteiger partial charge on any atom is 0.408 e. The van der Waals surface area contributed by atoms with E-state index in [0.717, 1.165) is 28.4 Å². The second kappa shape index (κ2) is 15.7. The Morgan fingerprint density at radius 1 is 0.949 bits per heavy atom. The monoisotopic (exact) mass is 554 g/mol. The zero-order valence-corrected chi connectivity index (χ0v) is 19.5. The fraction of sp³-hybridized carbons (Fsp3) is 0.280. The van der Waals surface area contributed by atoms with Crippen molar-refractivity contribution in [1.29, 1.82) is 0 Å². The van der Waals surface area contributed by atoms with Crippen LogP contribution in [0.4, 0.5) is 26.3 Å². The van der Waals surface area contributed by atoms with Crippen LogP contribution in [0.1, 0.15) is 30.6 Å². The van der Waals surface area contributed by atoms with E-state index in [4.69, 9.17) is 4.79 Å². The standard InChI is InChI=1S/C12H10F3N3O.C9H8N2.C3H2F3NO.CH4/c13-12(14,15)4-3-11(19)18-8-10(7-17-18)9-2-1-5-16-6-9;1-2-8(6-10-4-1)9-3-5-11-7-9;4-3(5,6)1-7-2-8;/h1-2,5-8H,3-4H2;1-4,6-7H,5H2;1H2;1H4. The van der Waals surface area contributed by atoms with Gasteiger partial charge in [0.1, 0.15) is 6.54 Å². The molecule has 208 valence electrons. The Balaban J connectivity index is 0.000000323. The van der Waals surface area contributed by atoms with Crippen molar-refractivity contribution in [1.82, 2.24) is 19.7 Å². The highest BCUT2D eigenvalue weighted by Gasteiger charge is 2.28. The lowest BCUT2D eigenvalue weighted by atomic mass is 10.1. The van der Waals surface area contributed by atoms with Crippen molar-refractivity contribution in [3.63, 3.8) is 0 Å². The van der Waals surface area contributed by atoms with Gasteiger partial charge in [-0.1, -0.05) is 25.6 Å². The molecule has 1 aliphatic heterocycles. The number of rotatable bonds is 5. The average Bonchev–Trinajstić information content (AvgIpc) is 3.60. The molecule has 0 spiro atoms. The fourth-order valence-electron chi connectivity index (χ4n) is 2.71. The predicted molar refractivity (Wildman–Crippen MR) is 133 cm³/mol. The molecule has 0 saturated heterocycles. The van der Waals surface area contributed by atoms with E-state index < -0.39 is 37.6 Å². The van der Waals surface area contributed by atoms with Crippen LogP contribution >= 0.6 is 0 Å². The van der Waals surface area contributed by atoms with Crippen LogP contribution in [0.3, 0.4) is 0 Å². The summed E-state index contributed by atoms with van der Waals surface area (Å²) in [5.74, 6) is -0.688. The van der Waals surface area contributed by atoms with Crippen molar-refractivity contribution in [2.24, 2.45) is 9.98 Å². The van der Waals surface area contributed by atoms with Crippen molar-refractivity contribution in [2.45, 2.75) is 32.6 Å². The Kier molecular flexibility index (Phi) is 13.1. The molecular formula is C25H24F6N6O2. The third kappa shape index (κ3) is 13.1. The number of nitrogens with zero attached hydrogens (tertiary/aromatic N) is 6. The van der Waals surface area contributed by atoms with Crippen LogP contribution in [0.5, 0.6) is 0 Å². The van der Waals surface area contributed by atoms with Crippen LogP contribution in [0.2, 0.25) is 0 Å². The van der Waals surface area contributed by atoms with Crippen molar-refractivity contribution >= 4 is 23.8 Å². The van der Waals surface area contributed by atoms with Gasteiger partial charge in [0.15, 0.2) is 0 Å². The van der Waals surface area contributed by atoms with Crippen LogP contribution in [-0.4, -0.2) is 63.4 Å². The van der Waals surface area contributed by atoms with Crippen LogP contribution in [-0.2, 0) is 4.79 Å². The first-order chi connectivity index (χ1) is 18.0. The number of isocyanates is 1. The molecule has 3 aromatic rings. The van der Waals surface area contributed by atoms with Crippen LogP contribution in [0.15, 0.2) is 77.5 Å². The van der Waals surface area contributed by atoms with Gasteiger partial charge in [-0.3, -0.25) is 19.8 Å². The lowest BCUT2D eigenvalue weighted by molar-refractivity contribution is -0.134. The highest BCUT2D eigenvalue weighted by Crippen LogP contribution is 2.22. The van der Waals surface area contributed by atoms with E-state index in [0.29, 0.717) is 5.56 Å². The second-order valence-electron chi connectivity index (χ2n) is 7.34. The number of aromatic nitrogens is 4. The first-order valence-corrected chi connectivity index (χ1v) is 10.7. The van der Waals surface area contributed by atoms with E-state index in [1.54, 1.807) is 30.7 Å². The number of hydrogen-bond donors (Lipinski definition) is 0. The molecule has 0 atom stereocenters.